The van der Waals surface area contributed by atoms with Gasteiger partial charge in [0, 0.05) is 0 Å². The van der Waals surface area contributed by atoms with Gasteiger partial charge in [-0.3, -0.25) is 4.79 Å². The Hall–Kier alpha value is -1.59. The summed E-state index contributed by atoms with van der Waals surface area (Å²) in [6.07, 6.45) is 2.02. The summed E-state index contributed by atoms with van der Waals surface area (Å²) in [5.41, 5.74) is 1.93. The van der Waals surface area contributed by atoms with E-state index in [-0.39, 0.29) is 29.8 Å². The number of halogens is 2. The molecule has 0 amide bonds. The summed E-state index contributed by atoms with van der Waals surface area (Å²) < 4.78 is 12.2. The van der Waals surface area contributed by atoms with Crippen molar-refractivity contribution >= 4 is 37.8 Å². The Balaban J connectivity index is 1.54. The first kappa shape index (κ1) is 20.2. The van der Waals surface area contributed by atoms with Gasteiger partial charge in [-0.15, -0.1) is 0 Å². The number of benzene rings is 2. The van der Waals surface area contributed by atoms with Gasteiger partial charge in [0.05, 0.1) is 9.31 Å². The first-order chi connectivity index (χ1) is 12.9. The Morgan fingerprint density at radius 3 is 2.37 bits per heavy atom. The second kappa shape index (κ2) is 8.61. The van der Waals surface area contributed by atoms with Crippen LogP contribution in [-0.4, -0.2) is 5.97 Å². The van der Waals surface area contributed by atoms with Crippen LogP contribution < -0.4 is 4.74 Å². The highest BCUT2D eigenvalue weighted by Gasteiger charge is 2.61. The normalized spacial score (nSPS) is 19.9. The molecule has 27 heavy (non-hydrogen) atoms. The van der Waals surface area contributed by atoms with Crippen molar-refractivity contribution in [3.05, 3.63) is 75.2 Å². The number of para-hydroxylation sites is 1. The van der Waals surface area contributed by atoms with Gasteiger partial charge in [-0.05, 0) is 72.5 Å². The smallest absolute Gasteiger partial charge is 0.310 e. The largest absolute Gasteiger partial charge is 0.489 e. The van der Waals surface area contributed by atoms with Gasteiger partial charge < -0.3 is 9.47 Å². The molecule has 1 fully saturated rings. The monoisotopic (exact) mass is 492 g/mol. The zero-order valence-electron chi connectivity index (χ0n) is 15.3. The molecule has 0 aliphatic heterocycles. The lowest BCUT2D eigenvalue weighted by atomic mass is 10.1. The number of carbonyl (C=O) groups is 1. The molecule has 1 saturated carbocycles. The van der Waals surface area contributed by atoms with E-state index in [1.807, 2.05) is 60.7 Å². The molecular weight excluding hydrogens is 472 g/mol. The van der Waals surface area contributed by atoms with Crippen LogP contribution in [0.5, 0.6) is 5.75 Å². The quantitative estimate of drug-likeness (QED) is 0.430. The fourth-order valence-electron chi connectivity index (χ4n) is 3.31. The molecule has 2 aromatic carbocycles. The summed E-state index contributed by atoms with van der Waals surface area (Å²) in [5, 5.41) is 0. The van der Waals surface area contributed by atoms with Crippen molar-refractivity contribution in [2.75, 3.05) is 0 Å². The van der Waals surface area contributed by atoms with Gasteiger partial charge in [0.15, 0.2) is 0 Å². The molecule has 0 unspecified atom stereocenters. The lowest BCUT2D eigenvalue weighted by Gasteiger charge is -2.09. The van der Waals surface area contributed by atoms with E-state index in [1.165, 1.54) is 0 Å². The summed E-state index contributed by atoms with van der Waals surface area (Å²) in [6, 6.07) is 17.7. The van der Waals surface area contributed by atoms with Crippen molar-refractivity contribution in [2.24, 2.45) is 17.3 Å². The van der Waals surface area contributed by atoms with Crippen molar-refractivity contribution in [2.45, 2.75) is 27.1 Å². The third kappa shape index (κ3) is 5.23. The van der Waals surface area contributed by atoms with Crippen LogP contribution in [0.25, 0.3) is 0 Å². The predicted molar refractivity (Wildman–Crippen MR) is 114 cm³/mol. The standard InChI is InChI=1S/C22H22Br2O3/c1-22(2)18(12-19(23)24)20(22)21(25)27-14-16-8-6-7-15(11-16)13-26-17-9-4-3-5-10-17/h3-12,18,20H,13-14H2,1-2H3/t18-,20-/m0/s1. The Kier molecular flexibility index (Phi) is 6.43. The molecule has 1 aliphatic rings. The van der Waals surface area contributed by atoms with Crippen LogP contribution in [0.3, 0.4) is 0 Å². The number of ether oxygens (including phenoxy) is 2. The molecule has 0 N–H and O–H groups in total. The van der Waals surface area contributed by atoms with Crippen molar-refractivity contribution in [1.29, 1.82) is 0 Å². The highest BCUT2D eigenvalue weighted by atomic mass is 79.9. The average molecular weight is 494 g/mol. The van der Waals surface area contributed by atoms with Gasteiger partial charge in [-0.25, -0.2) is 0 Å². The number of esters is 1. The fraction of sp³-hybridized carbons (Fsp3) is 0.318. The van der Waals surface area contributed by atoms with Crippen molar-refractivity contribution in [3.63, 3.8) is 0 Å². The molecule has 0 heterocycles. The SMILES string of the molecule is CC1(C)[C@H](C(=O)OCc2cccc(COc3ccccc3)c2)[C@@H]1C=C(Br)Br. The van der Waals surface area contributed by atoms with Crippen molar-refractivity contribution in [1.82, 2.24) is 0 Å². The van der Waals surface area contributed by atoms with Gasteiger partial charge in [-0.2, -0.15) is 0 Å². The van der Waals surface area contributed by atoms with Crippen LogP contribution in [0, 0.1) is 17.3 Å². The van der Waals surface area contributed by atoms with E-state index in [0.29, 0.717) is 6.61 Å². The highest BCUT2D eigenvalue weighted by molar-refractivity contribution is 9.28. The summed E-state index contributed by atoms with van der Waals surface area (Å²) in [7, 11) is 0. The molecule has 3 rings (SSSR count). The fourth-order valence-corrected chi connectivity index (χ4v) is 3.88. The number of hydrogen-bond donors (Lipinski definition) is 0. The number of allylic oxidation sites excluding steroid dienone is 1. The van der Waals surface area contributed by atoms with Crippen molar-refractivity contribution < 1.29 is 14.3 Å². The van der Waals surface area contributed by atoms with Crippen LogP contribution in [0.2, 0.25) is 0 Å². The minimum atomic E-state index is -0.145. The maximum absolute atomic E-state index is 12.5. The lowest BCUT2D eigenvalue weighted by Crippen LogP contribution is -2.10. The molecule has 1 aliphatic carbocycles. The number of carbonyl (C=O) groups excluding carboxylic acids is 1. The van der Waals surface area contributed by atoms with Crippen LogP contribution in [0.15, 0.2) is 64.1 Å². The van der Waals surface area contributed by atoms with E-state index in [1.54, 1.807) is 0 Å². The van der Waals surface area contributed by atoms with E-state index in [4.69, 9.17) is 9.47 Å². The van der Waals surface area contributed by atoms with E-state index < -0.39 is 0 Å². The Labute approximate surface area is 177 Å². The van der Waals surface area contributed by atoms with Crippen LogP contribution in [0.4, 0.5) is 0 Å². The van der Waals surface area contributed by atoms with E-state index in [0.717, 1.165) is 20.3 Å². The average Bonchev–Trinajstić information content (AvgIpc) is 3.18. The van der Waals surface area contributed by atoms with Crippen molar-refractivity contribution in [3.8, 4) is 5.75 Å². The third-order valence-electron chi connectivity index (χ3n) is 4.99. The Morgan fingerprint density at radius 1 is 1.04 bits per heavy atom. The molecule has 2 atom stereocenters. The third-order valence-corrected chi connectivity index (χ3v) is 5.52. The second-order valence-electron chi connectivity index (χ2n) is 7.31. The summed E-state index contributed by atoms with van der Waals surface area (Å²) in [6.45, 7) is 4.93. The molecule has 0 bridgehead atoms. The Bertz CT molecular complexity index is 826. The zero-order valence-corrected chi connectivity index (χ0v) is 18.5. The number of rotatable bonds is 7. The first-order valence-corrected chi connectivity index (χ1v) is 10.4. The van der Waals surface area contributed by atoms with E-state index >= 15 is 0 Å². The molecule has 2 aromatic rings. The molecular formula is C22H22Br2O3. The summed E-state index contributed by atoms with van der Waals surface area (Å²) in [5.74, 6) is 0.771. The van der Waals surface area contributed by atoms with Gasteiger partial charge in [0.2, 0.25) is 0 Å². The molecule has 0 radical (unpaired) electrons. The van der Waals surface area contributed by atoms with Gasteiger partial charge in [0.25, 0.3) is 0 Å². The molecule has 3 nitrogen and oxygen atoms in total. The van der Waals surface area contributed by atoms with Crippen LogP contribution in [0.1, 0.15) is 25.0 Å². The minimum absolute atomic E-state index is 0.0742. The van der Waals surface area contributed by atoms with Gasteiger partial charge >= 0.3 is 5.97 Å². The lowest BCUT2D eigenvalue weighted by molar-refractivity contribution is -0.147. The van der Waals surface area contributed by atoms with Crippen LogP contribution >= 0.6 is 31.9 Å². The highest BCUT2D eigenvalue weighted by Crippen LogP contribution is 2.60. The second-order valence-corrected chi connectivity index (χ2v) is 10.1. The minimum Gasteiger partial charge on any atom is -0.489 e. The molecule has 0 spiro atoms. The maximum Gasteiger partial charge on any atom is 0.310 e. The summed E-state index contributed by atoms with van der Waals surface area (Å²) >= 11 is 6.74. The van der Waals surface area contributed by atoms with Gasteiger partial charge in [0.1, 0.15) is 19.0 Å². The first-order valence-electron chi connectivity index (χ1n) is 8.83. The van der Waals surface area contributed by atoms with E-state index in [2.05, 4.69) is 45.7 Å². The molecule has 142 valence electrons. The van der Waals surface area contributed by atoms with Gasteiger partial charge in [-0.1, -0.05) is 56.3 Å². The number of hydrogen-bond acceptors (Lipinski definition) is 3. The molecule has 5 heteroatoms. The van der Waals surface area contributed by atoms with E-state index in [9.17, 15) is 4.79 Å². The molecule has 0 saturated heterocycles. The van der Waals surface area contributed by atoms with Crippen LogP contribution in [-0.2, 0) is 22.7 Å². The predicted octanol–water partition coefficient (Wildman–Crippen LogP) is 6.21. The zero-order chi connectivity index (χ0) is 19.4. The summed E-state index contributed by atoms with van der Waals surface area (Å²) in [4.78, 5) is 12.5. The maximum atomic E-state index is 12.5. The Morgan fingerprint density at radius 2 is 1.70 bits per heavy atom. The topological polar surface area (TPSA) is 35.5 Å². The molecule has 0 aromatic heterocycles.